The number of nitrogens with zero attached hydrogens (tertiary/aromatic N) is 2. The van der Waals surface area contributed by atoms with E-state index in [1.807, 2.05) is 24.9 Å². The highest BCUT2D eigenvalue weighted by molar-refractivity contribution is 7.99. The highest BCUT2D eigenvalue weighted by Gasteiger charge is 2.14. The molecule has 1 aromatic rings. The van der Waals surface area contributed by atoms with E-state index in [1.54, 1.807) is 0 Å². The second-order valence-electron chi connectivity index (χ2n) is 4.59. The van der Waals surface area contributed by atoms with Crippen molar-refractivity contribution in [1.29, 1.82) is 0 Å². The maximum atomic E-state index is 4.60. The van der Waals surface area contributed by atoms with Crippen molar-refractivity contribution in [2.75, 3.05) is 29.2 Å². The second-order valence-corrected chi connectivity index (χ2v) is 5.81. The zero-order valence-corrected chi connectivity index (χ0v) is 12.0. The summed E-state index contributed by atoms with van der Waals surface area (Å²) >= 11 is 2.04. The highest BCUT2D eigenvalue weighted by atomic mass is 32.2. The summed E-state index contributed by atoms with van der Waals surface area (Å²) in [5.74, 6) is 5.31. The molecule has 0 atom stereocenters. The summed E-state index contributed by atoms with van der Waals surface area (Å²) < 4.78 is 0. The maximum Gasteiger partial charge on any atom is 0.133 e. The first kappa shape index (κ1) is 13.5. The summed E-state index contributed by atoms with van der Waals surface area (Å²) in [7, 11) is 1.90. The van der Waals surface area contributed by atoms with E-state index < -0.39 is 0 Å². The minimum atomic E-state index is 0.570. The van der Waals surface area contributed by atoms with Gasteiger partial charge in [-0.3, -0.25) is 0 Å². The van der Waals surface area contributed by atoms with Crippen molar-refractivity contribution in [3.8, 4) is 0 Å². The molecule has 2 rings (SSSR count). The molecule has 1 aliphatic heterocycles. The van der Waals surface area contributed by atoms with Crippen molar-refractivity contribution in [3.63, 3.8) is 0 Å². The molecule has 5 heteroatoms. The number of hydrogen-bond acceptors (Lipinski definition) is 5. The largest absolute Gasteiger partial charge is 0.373 e. The highest BCUT2D eigenvalue weighted by Crippen LogP contribution is 2.21. The van der Waals surface area contributed by atoms with Gasteiger partial charge in [-0.25, -0.2) is 9.97 Å². The van der Waals surface area contributed by atoms with Gasteiger partial charge in [-0.1, -0.05) is 6.92 Å². The fourth-order valence-electron chi connectivity index (χ4n) is 2.09. The molecule has 0 aromatic carbocycles. The van der Waals surface area contributed by atoms with Crippen LogP contribution in [0.3, 0.4) is 0 Å². The van der Waals surface area contributed by atoms with Crippen LogP contribution in [0, 0.1) is 0 Å². The molecule has 0 saturated carbocycles. The monoisotopic (exact) mass is 266 g/mol. The molecule has 0 unspecified atom stereocenters. The standard InChI is InChI=1S/C13H22N4S/c1-3-4-11-16-12(14-2)9-13(17-11)15-10-5-7-18-8-6-10/h9-10H,3-8H2,1-2H3,(H2,14,15,16,17). The van der Waals surface area contributed by atoms with Gasteiger partial charge in [-0.15, -0.1) is 0 Å². The molecule has 1 saturated heterocycles. The van der Waals surface area contributed by atoms with Gasteiger partial charge in [0, 0.05) is 25.6 Å². The van der Waals surface area contributed by atoms with E-state index >= 15 is 0 Å². The molecule has 100 valence electrons. The number of hydrogen-bond donors (Lipinski definition) is 2. The Morgan fingerprint density at radius 2 is 2.00 bits per heavy atom. The molecule has 2 heterocycles. The first-order valence-electron chi connectivity index (χ1n) is 6.71. The van der Waals surface area contributed by atoms with Crippen LogP contribution in [0.25, 0.3) is 0 Å². The lowest BCUT2D eigenvalue weighted by atomic mass is 10.1. The van der Waals surface area contributed by atoms with Crippen molar-refractivity contribution in [2.45, 2.75) is 38.6 Å². The number of aryl methyl sites for hydroxylation is 1. The predicted molar refractivity (Wildman–Crippen MR) is 79.5 cm³/mol. The van der Waals surface area contributed by atoms with E-state index in [0.29, 0.717) is 6.04 Å². The van der Waals surface area contributed by atoms with E-state index in [-0.39, 0.29) is 0 Å². The van der Waals surface area contributed by atoms with Crippen LogP contribution in [-0.4, -0.2) is 34.6 Å². The summed E-state index contributed by atoms with van der Waals surface area (Å²) in [5.41, 5.74) is 0. The molecule has 0 aliphatic carbocycles. The van der Waals surface area contributed by atoms with Gasteiger partial charge in [0.2, 0.25) is 0 Å². The Labute approximate surface area is 113 Å². The molecule has 1 fully saturated rings. The summed E-state index contributed by atoms with van der Waals surface area (Å²) in [5, 5.41) is 6.66. The van der Waals surface area contributed by atoms with Crippen molar-refractivity contribution >= 4 is 23.4 Å². The van der Waals surface area contributed by atoms with Crippen molar-refractivity contribution in [1.82, 2.24) is 9.97 Å². The fourth-order valence-corrected chi connectivity index (χ4v) is 3.19. The van der Waals surface area contributed by atoms with Crippen LogP contribution in [-0.2, 0) is 6.42 Å². The molecular formula is C13H22N4S. The van der Waals surface area contributed by atoms with E-state index in [2.05, 4.69) is 27.5 Å². The van der Waals surface area contributed by atoms with Crippen LogP contribution >= 0.6 is 11.8 Å². The molecular weight excluding hydrogens is 244 g/mol. The number of anilines is 2. The summed E-state index contributed by atoms with van der Waals surface area (Å²) in [6, 6.07) is 2.57. The molecule has 0 spiro atoms. The Bertz CT molecular complexity index is 377. The fraction of sp³-hybridized carbons (Fsp3) is 0.692. The zero-order valence-electron chi connectivity index (χ0n) is 11.2. The SMILES string of the molecule is CCCc1nc(NC)cc(NC2CCSCC2)n1. The molecule has 18 heavy (non-hydrogen) atoms. The van der Waals surface area contributed by atoms with Crippen LogP contribution in [0.2, 0.25) is 0 Å². The predicted octanol–water partition coefficient (Wildman–Crippen LogP) is 2.78. The first-order chi connectivity index (χ1) is 8.81. The molecule has 1 aromatic heterocycles. The van der Waals surface area contributed by atoms with Crippen LogP contribution < -0.4 is 10.6 Å². The molecule has 0 radical (unpaired) electrons. The quantitative estimate of drug-likeness (QED) is 0.858. The first-order valence-corrected chi connectivity index (χ1v) is 7.87. The average molecular weight is 266 g/mol. The minimum absolute atomic E-state index is 0.570. The summed E-state index contributed by atoms with van der Waals surface area (Å²) in [4.78, 5) is 9.06. The van der Waals surface area contributed by atoms with Gasteiger partial charge < -0.3 is 10.6 Å². The van der Waals surface area contributed by atoms with Crippen LogP contribution in [0.15, 0.2) is 6.07 Å². The molecule has 0 amide bonds. The smallest absolute Gasteiger partial charge is 0.133 e. The second kappa shape index (κ2) is 6.83. The molecule has 1 aliphatic rings. The lowest BCUT2D eigenvalue weighted by Gasteiger charge is -2.23. The van der Waals surface area contributed by atoms with Gasteiger partial charge in [0.25, 0.3) is 0 Å². The Morgan fingerprint density at radius 3 is 2.67 bits per heavy atom. The third kappa shape index (κ3) is 3.77. The van der Waals surface area contributed by atoms with E-state index in [1.165, 1.54) is 24.3 Å². The summed E-state index contributed by atoms with van der Waals surface area (Å²) in [6.07, 6.45) is 4.47. The average Bonchev–Trinajstić information content (AvgIpc) is 2.40. The van der Waals surface area contributed by atoms with Gasteiger partial charge >= 0.3 is 0 Å². The number of aromatic nitrogens is 2. The molecule has 4 nitrogen and oxygen atoms in total. The van der Waals surface area contributed by atoms with Gasteiger partial charge in [0.05, 0.1) is 0 Å². The Hall–Kier alpha value is -0.970. The Morgan fingerprint density at radius 1 is 1.28 bits per heavy atom. The Kier molecular flexibility index (Phi) is 5.11. The van der Waals surface area contributed by atoms with E-state index in [9.17, 15) is 0 Å². The Balaban J connectivity index is 2.07. The van der Waals surface area contributed by atoms with Crippen molar-refractivity contribution in [2.24, 2.45) is 0 Å². The lowest BCUT2D eigenvalue weighted by molar-refractivity contribution is 0.662. The molecule has 0 bridgehead atoms. The third-order valence-corrected chi connectivity index (χ3v) is 4.12. The molecule has 2 N–H and O–H groups in total. The third-order valence-electron chi connectivity index (χ3n) is 3.08. The van der Waals surface area contributed by atoms with Gasteiger partial charge in [-0.05, 0) is 30.8 Å². The lowest BCUT2D eigenvalue weighted by Crippen LogP contribution is -2.25. The number of nitrogens with one attached hydrogen (secondary N) is 2. The topological polar surface area (TPSA) is 49.8 Å². The van der Waals surface area contributed by atoms with Crippen LogP contribution in [0.4, 0.5) is 11.6 Å². The normalized spacial score (nSPS) is 16.6. The maximum absolute atomic E-state index is 4.60. The number of rotatable bonds is 5. The zero-order chi connectivity index (χ0) is 12.8. The number of thioether (sulfide) groups is 1. The van der Waals surface area contributed by atoms with Gasteiger partial charge in [0.15, 0.2) is 0 Å². The van der Waals surface area contributed by atoms with E-state index in [0.717, 1.165) is 30.3 Å². The van der Waals surface area contributed by atoms with Crippen molar-refractivity contribution < 1.29 is 0 Å². The summed E-state index contributed by atoms with van der Waals surface area (Å²) in [6.45, 7) is 2.15. The van der Waals surface area contributed by atoms with Crippen molar-refractivity contribution in [3.05, 3.63) is 11.9 Å². The van der Waals surface area contributed by atoms with Gasteiger partial charge in [-0.2, -0.15) is 11.8 Å². The minimum Gasteiger partial charge on any atom is -0.373 e. The van der Waals surface area contributed by atoms with Crippen LogP contribution in [0.5, 0.6) is 0 Å². The van der Waals surface area contributed by atoms with E-state index in [4.69, 9.17) is 0 Å². The van der Waals surface area contributed by atoms with Gasteiger partial charge in [0.1, 0.15) is 17.5 Å². The van der Waals surface area contributed by atoms with Crippen LogP contribution in [0.1, 0.15) is 32.0 Å².